The molecule has 3 N–H and O–H groups in total. The Morgan fingerprint density at radius 3 is 2.71 bits per heavy atom. The molecule has 1 heterocycles. The van der Waals surface area contributed by atoms with Crippen molar-refractivity contribution in [3.05, 3.63) is 11.3 Å². The molecule has 21 heavy (non-hydrogen) atoms. The second-order valence-electron chi connectivity index (χ2n) is 5.54. The number of carbonyl (C=O) groups excluding carboxylic acids is 1. The molecule has 6 nitrogen and oxygen atoms in total. The minimum atomic E-state index is -1.05. The van der Waals surface area contributed by atoms with E-state index in [2.05, 4.69) is 4.37 Å². The van der Waals surface area contributed by atoms with Crippen molar-refractivity contribution in [3.63, 3.8) is 0 Å². The molecule has 1 aliphatic rings. The van der Waals surface area contributed by atoms with E-state index in [0.29, 0.717) is 17.2 Å². The molecular formula is C14H21N3O3S. The third kappa shape index (κ3) is 3.08. The number of hydrogen-bond acceptors (Lipinski definition) is 5. The Morgan fingerprint density at radius 2 is 2.10 bits per heavy atom. The maximum atomic E-state index is 12.7. The Balaban J connectivity index is 2.25. The van der Waals surface area contributed by atoms with Gasteiger partial charge in [-0.3, -0.25) is 4.79 Å². The molecule has 116 valence electrons. The van der Waals surface area contributed by atoms with Gasteiger partial charge in [-0.15, -0.1) is 0 Å². The average molecular weight is 311 g/mol. The van der Waals surface area contributed by atoms with E-state index in [1.807, 2.05) is 0 Å². The van der Waals surface area contributed by atoms with Gasteiger partial charge in [0.05, 0.1) is 5.69 Å². The van der Waals surface area contributed by atoms with Gasteiger partial charge in [0.25, 0.3) is 0 Å². The summed E-state index contributed by atoms with van der Waals surface area (Å²) in [6.07, 6.45) is 3.92. The van der Waals surface area contributed by atoms with Crippen LogP contribution in [0.15, 0.2) is 0 Å². The number of aryl methyl sites for hydroxylation is 1. The molecule has 2 atom stereocenters. The molecule has 0 bridgehead atoms. The number of nitrogens with two attached hydrogens (primary N) is 1. The summed E-state index contributed by atoms with van der Waals surface area (Å²) >= 11 is 1.06. The smallest absolute Gasteiger partial charge is 0.340 e. The highest BCUT2D eigenvalue weighted by Gasteiger charge is 2.34. The molecule has 0 aliphatic heterocycles. The normalized spacial score (nSPS) is 22.0. The number of anilines is 1. The lowest BCUT2D eigenvalue weighted by atomic mass is 9.78. The van der Waals surface area contributed by atoms with Gasteiger partial charge < -0.3 is 15.7 Å². The van der Waals surface area contributed by atoms with Crippen LogP contribution in [-0.2, 0) is 4.79 Å². The van der Waals surface area contributed by atoms with Crippen LogP contribution >= 0.6 is 11.5 Å². The van der Waals surface area contributed by atoms with E-state index in [9.17, 15) is 14.7 Å². The van der Waals surface area contributed by atoms with E-state index < -0.39 is 5.97 Å². The van der Waals surface area contributed by atoms with Crippen molar-refractivity contribution >= 4 is 28.4 Å². The molecule has 1 amide bonds. The molecular weight excluding hydrogens is 290 g/mol. The first-order chi connectivity index (χ1) is 9.97. The van der Waals surface area contributed by atoms with Crippen molar-refractivity contribution < 1.29 is 14.7 Å². The van der Waals surface area contributed by atoms with Gasteiger partial charge >= 0.3 is 5.97 Å². The lowest BCUT2D eigenvalue weighted by Crippen LogP contribution is -2.40. The third-order valence-corrected chi connectivity index (χ3v) is 5.24. The predicted molar refractivity (Wildman–Crippen MR) is 81.7 cm³/mol. The summed E-state index contributed by atoms with van der Waals surface area (Å²) in [6, 6.07) is 0. The third-order valence-electron chi connectivity index (χ3n) is 4.22. The molecule has 1 aliphatic carbocycles. The van der Waals surface area contributed by atoms with Crippen LogP contribution in [0.3, 0.4) is 0 Å². The van der Waals surface area contributed by atoms with E-state index in [1.165, 1.54) is 4.90 Å². The number of aromatic carboxylic acids is 1. The van der Waals surface area contributed by atoms with Crippen LogP contribution in [0.1, 0.15) is 41.7 Å². The topological polar surface area (TPSA) is 96.5 Å². The van der Waals surface area contributed by atoms with Crippen molar-refractivity contribution in [1.29, 1.82) is 0 Å². The molecule has 1 aromatic heterocycles. The number of nitrogens with zero attached hydrogens (tertiary/aromatic N) is 2. The Hall–Kier alpha value is -1.47. The highest BCUT2D eigenvalue weighted by Crippen LogP contribution is 2.34. The van der Waals surface area contributed by atoms with Crippen LogP contribution in [0.5, 0.6) is 0 Å². The minimum absolute atomic E-state index is 0.0451. The summed E-state index contributed by atoms with van der Waals surface area (Å²) in [5.41, 5.74) is 6.34. The number of carboxylic acid groups (broad SMARTS) is 1. The summed E-state index contributed by atoms with van der Waals surface area (Å²) in [5.74, 6) is -1.01. The predicted octanol–water partition coefficient (Wildman–Crippen LogP) is 1.88. The van der Waals surface area contributed by atoms with Gasteiger partial charge in [-0.25, -0.2) is 4.79 Å². The zero-order chi connectivity index (χ0) is 15.6. The first kappa shape index (κ1) is 15.9. The highest BCUT2D eigenvalue weighted by molar-refractivity contribution is 7.11. The SMILES string of the molecule is Cc1nsc(N(C)C(=O)C2CCCCC2CN)c1C(=O)O. The van der Waals surface area contributed by atoms with Gasteiger partial charge in [0.1, 0.15) is 10.6 Å². The van der Waals surface area contributed by atoms with E-state index in [-0.39, 0.29) is 23.3 Å². The van der Waals surface area contributed by atoms with Crippen molar-refractivity contribution in [2.75, 3.05) is 18.5 Å². The Morgan fingerprint density at radius 1 is 1.43 bits per heavy atom. The summed E-state index contributed by atoms with van der Waals surface area (Å²) in [6.45, 7) is 2.14. The van der Waals surface area contributed by atoms with Crippen LogP contribution in [0, 0.1) is 18.8 Å². The summed E-state index contributed by atoms with van der Waals surface area (Å²) < 4.78 is 4.07. The summed E-state index contributed by atoms with van der Waals surface area (Å²) in [7, 11) is 1.63. The fraction of sp³-hybridized carbons (Fsp3) is 0.643. The van der Waals surface area contributed by atoms with Crippen molar-refractivity contribution in [3.8, 4) is 0 Å². The maximum Gasteiger partial charge on any atom is 0.340 e. The van der Waals surface area contributed by atoms with Gasteiger partial charge in [0, 0.05) is 13.0 Å². The molecule has 0 radical (unpaired) electrons. The van der Waals surface area contributed by atoms with Crippen molar-refractivity contribution in [2.24, 2.45) is 17.6 Å². The van der Waals surface area contributed by atoms with Crippen LogP contribution in [-0.4, -0.2) is 34.9 Å². The van der Waals surface area contributed by atoms with Gasteiger partial charge in [-0.05, 0) is 43.8 Å². The fourth-order valence-electron chi connectivity index (χ4n) is 3.00. The zero-order valence-corrected chi connectivity index (χ0v) is 13.2. The number of carbonyl (C=O) groups is 2. The van der Waals surface area contributed by atoms with E-state index in [1.54, 1.807) is 14.0 Å². The van der Waals surface area contributed by atoms with E-state index in [0.717, 1.165) is 37.2 Å². The highest BCUT2D eigenvalue weighted by atomic mass is 32.1. The molecule has 7 heteroatoms. The van der Waals surface area contributed by atoms with Crippen molar-refractivity contribution in [1.82, 2.24) is 4.37 Å². The number of rotatable bonds is 4. The Bertz CT molecular complexity index is 544. The number of amides is 1. The van der Waals surface area contributed by atoms with Gasteiger partial charge in [0.15, 0.2) is 0 Å². The van der Waals surface area contributed by atoms with Crippen LogP contribution in [0.4, 0.5) is 5.00 Å². The monoisotopic (exact) mass is 311 g/mol. The number of hydrogen-bond donors (Lipinski definition) is 2. The molecule has 0 saturated heterocycles. The summed E-state index contributed by atoms with van der Waals surface area (Å²) in [5, 5.41) is 9.69. The maximum absolute atomic E-state index is 12.7. The zero-order valence-electron chi connectivity index (χ0n) is 12.3. The quantitative estimate of drug-likeness (QED) is 0.885. The average Bonchev–Trinajstić information content (AvgIpc) is 2.87. The first-order valence-corrected chi connectivity index (χ1v) is 7.91. The van der Waals surface area contributed by atoms with E-state index in [4.69, 9.17) is 5.73 Å². The molecule has 0 spiro atoms. The van der Waals surface area contributed by atoms with Crippen LogP contribution in [0.25, 0.3) is 0 Å². The second-order valence-corrected chi connectivity index (χ2v) is 6.29. The lowest BCUT2D eigenvalue weighted by Gasteiger charge is -2.32. The molecule has 1 fully saturated rings. The molecule has 2 rings (SSSR count). The first-order valence-electron chi connectivity index (χ1n) is 7.14. The lowest BCUT2D eigenvalue weighted by molar-refractivity contribution is -0.124. The van der Waals surface area contributed by atoms with E-state index >= 15 is 0 Å². The van der Waals surface area contributed by atoms with Gasteiger partial charge in [-0.2, -0.15) is 4.37 Å². The number of carboxylic acids is 1. The minimum Gasteiger partial charge on any atom is -0.478 e. The fourth-order valence-corrected chi connectivity index (χ4v) is 3.85. The largest absolute Gasteiger partial charge is 0.478 e. The Kier molecular flexibility index (Phi) is 4.95. The van der Waals surface area contributed by atoms with Gasteiger partial charge in [0.2, 0.25) is 5.91 Å². The molecule has 2 unspecified atom stereocenters. The Labute approximate surface area is 128 Å². The van der Waals surface area contributed by atoms with Crippen LogP contribution < -0.4 is 10.6 Å². The summed E-state index contributed by atoms with van der Waals surface area (Å²) in [4.78, 5) is 25.5. The van der Waals surface area contributed by atoms with Crippen molar-refractivity contribution in [2.45, 2.75) is 32.6 Å². The second kappa shape index (κ2) is 6.53. The number of aromatic nitrogens is 1. The van der Waals surface area contributed by atoms with Gasteiger partial charge in [-0.1, -0.05) is 12.8 Å². The van der Waals surface area contributed by atoms with Crippen LogP contribution in [0.2, 0.25) is 0 Å². The molecule has 1 aromatic rings. The molecule has 0 aromatic carbocycles. The molecule has 1 saturated carbocycles. The standard InChI is InChI=1S/C14H21N3O3S/c1-8-11(14(19)20)13(21-16-8)17(2)12(18)10-6-4-3-5-9(10)7-15/h9-10H,3-7,15H2,1-2H3,(H,19,20).